The third kappa shape index (κ3) is 4.70. The lowest BCUT2D eigenvalue weighted by Gasteiger charge is -2.28. The van der Waals surface area contributed by atoms with Crippen LogP contribution in [0.15, 0.2) is 0 Å². The van der Waals surface area contributed by atoms with E-state index in [4.69, 9.17) is 0 Å². The van der Waals surface area contributed by atoms with Crippen molar-refractivity contribution in [1.82, 2.24) is 15.3 Å². The normalized spacial score (nSPS) is 14.2. The number of rotatable bonds is 6. The molecule has 3 heteroatoms. The molecule has 0 rings (SSSR count). The largest absolute Gasteiger partial charge is 0.305 e. The maximum atomic E-state index is 3.32. The summed E-state index contributed by atoms with van der Waals surface area (Å²) in [5.41, 5.74) is 3.32. The Balaban J connectivity index is 3.68. The van der Waals surface area contributed by atoms with Gasteiger partial charge in [0, 0.05) is 25.7 Å². The molecule has 3 nitrogen and oxygen atoms in total. The van der Waals surface area contributed by atoms with E-state index in [1.165, 1.54) is 0 Å². The molecule has 1 atom stereocenters. The van der Waals surface area contributed by atoms with Crippen LogP contribution < -0.4 is 5.43 Å². The molecule has 0 aliphatic rings. The molecule has 0 saturated carbocycles. The zero-order chi connectivity index (χ0) is 9.56. The molecule has 0 aromatic heterocycles. The molecule has 0 aromatic rings. The molecule has 0 bridgehead atoms. The van der Waals surface area contributed by atoms with Crippen molar-refractivity contribution in [2.75, 3.05) is 33.7 Å². The van der Waals surface area contributed by atoms with E-state index in [2.05, 4.69) is 50.2 Å². The van der Waals surface area contributed by atoms with E-state index in [-0.39, 0.29) is 0 Å². The molecule has 0 amide bonds. The van der Waals surface area contributed by atoms with Crippen LogP contribution in [-0.4, -0.2) is 49.7 Å². The van der Waals surface area contributed by atoms with Crippen molar-refractivity contribution < 1.29 is 0 Å². The highest BCUT2D eigenvalue weighted by Gasteiger charge is 2.08. The smallest absolute Gasteiger partial charge is 0.0284 e. The Bertz CT molecular complexity index is 104. The van der Waals surface area contributed by atoms with Crippen molar-refractivity contribution in [2.24, 2.45) is 0 Å². The van der Waals surface area contributed by atoms with E-state index in [0.717, 1.165) is 19.6 Å². The van der Waals surface area contributed by atoms with Gasteiger partial charge in [-0.05, 0) is 21.0 Å². The number of nitrogens with one attached hydrogen (secondary N) is 1. The summed E-state index contributed by atoms with van der Waals surface area (Å²) in [6.45, 7) is 9.69. The first kappa shape index (κ1) is 11.9. The molecule has 0 heterocycles. The van der Waals surface area contributed by atoms with Crippen LogP contribution >= 0.6 is 0 Å². The van der Waals surface area contributed by atoms with Gasteiger partial charge in [0.25, 0.3) is 0 Å². The third-order valence-electron chi connectivity index (χ3n) is 2.13. The number of likely N-dealkylation sites (N-methyl/N-ethyl adjacent to an activating group) is 2. The van der Waals surface area contributed by atoms with Gasteiger partial charge in [-0.1, -0.05) is 13.8 Å². The fourth-order valence-electron chi connectivity index (χ4n) is 1.01. The Hall–Kier alpha value is -0.120. The number of hydrogen-bond donors (Lipinski definition) is 1. The zero-order valence-corrected chi connectivity index (χ0v) is 9.09. The van der Waals surface area contributed by atoms with Gasteiger partial charge < -0.3 is 4.90 Å². The van der Waals surface area contributed by atoms with Crippen molar-refractivity contribution in [3.8, 4) is 0 Å². The second kappa shape index (κ2) is 6.40. The van der Waals surface area contributed by atoms with Crippen LogP contribution in [0.5, 0.6) is 0 Å². The van der Waals surface area contributed by atoms with Crippen molar-refractivity contribution >= 4 is 0 Å². The first-order chi connectivity index (χ1) is 5.61. The van der Waals surface area contributed by atoms with E-state index in [9.17, 15) is 0 Å². The fourth-order valence-corrected chi connectivity index (χ4v) is 1.01. The molecule has 0 aliphatic heterocycles. The highest BCUT2D eigenvalue weighted by atomic mass is 15.5. The Morgan fingerprint density at radius 2 is 1.83 bits per heavy atom. The van der Waals surface area contributed by atoms with Crippen molar-refractivity contribution in [1.29, 1.82) is 0 Å². The number of hydrazine groups is 1. The second-order valence-corrected chi connectivity index (χ2v) is 3.36. The van der Waals surface area contributed by atoms with Crippen LogP contribution in [-0.2, 0) is 0 Å². The minimum absolute atomic E-state index is 0.601. The Labute approximate surface area is 76.7 Å². The van der Waals surface area contributed by atoms with Gasteiger partial charge in [-0.25, -0.2) is 5.01 Å². The average molecular weight is 173 g/mol. The Morgan fingerprint density at radius 3 is 2.17 bits per heavy atom. The lowest BCUT2D eigenvalue weighted by Crippen LogP contribution is -2.45. The molecule has 0 aromatic carbocycles. The number of nitrogens with zero attached hydrogens (tertiary/aromatic N) is 2. The lowest BCUT2D eigenvalue weighted by atomic mass is 10.3. The minimum Gasteiger partial charge on any atom is -0.305 e. The van der Waals surface area contributed by atoms with E-state index in [1.807, 2.05) is 0 Å². The molecular formula is C9H23N3. The van der Waals surface area contributed by atoms with Crippen LogP contribution in [0.3, 0.4) is 0 Å². The van der Waals surface area contributed by atoms with Crippen LogP contribution in [0, 0.1) is 0 Å². The highest BCUT2D eigenvalue weighted by Crippen LogP contribution is 1.94. The van der Waals surface area contributed by atoms with Gasteiger partial charge in [0.15, 0.2) is 0 Å². The lowest BCUT2D eigenvalue weighted by molar-refractivity contribution is 0.148. The highest BCUT2D eigenvalue weighted by molar-refractivity contribution is 4.63. The van der Waals surface area contributed by atoms with Crippen LogP contribution in [0.25, 0.3) is 0 Å². The van der Waals surface area contributed by atoms with Crippen LogP contribution in [0.1, 0.15) is 20.8 Å². The van der Waals surface area contributed by atoms with Gasteiger partial charge in [0.2, 0.25) is 0 Å². The van der Waals surface area contributed by atoms with Crippen molar-refractivity contribution in [3.63, 3.8) is 0 Å². The molecule has 0 saturated heterocycles. The predicted octanol–water partition coefficient (Wildman–Crippen LogP) is 0.783. The Kier molecular flexibility index (Phi) is 6.34. The first-order valence-electron chi connectivity index (χ1n) is 4.76. The summed E-state index contributed by atoms with van der Waals surface area (Å²) < 4.78 is 0. The summed E-state index contributed by atoms with van der Waals surface area (Å²) in [6.07, 6.45) is 0. The summed E-state index contributed by atoms with van der Waals surface area (Å²) >= 11 is 0. The maximum Gasteiger partial charge on any atom is 0.0284 e. The Morgan fingerprint density at radius 1 is 1.25 bits per heavy atom. The molecular weight excluding hydrogens is 150 g/mol. The van der Waals surface area contributed by atoms with Gasteiger partial charge in [-0.15, -0.1) is 0 Å². The molecule has 0 aliphatic carbocycles. The molecule has 1 unspecified atom stereocenters. The van der Waals surface area contributed by atoms with Gasteiger partial charge in [-0.3, -0.25) is 5.43 Å². The maximum absolute atomic E-state index is 3.32. The summed E-state index contributed by atoms with van der Waals surface area (Å²) in [5, 5.41) is 2.25. The van der Waals surface area contributed by atoms with E-state index < -0.39 is 0 Å². The summed E-state index contributed by atoms with van der Waals surface area (Å²) in [7, 11) is 4.23. The average Bonchev–Trinajstić information content (AvgIpc) is 2.03. The van der Waals surface area contributed by atoms with E-state index in [1.54, 1.807) is 0 Å². The summed E-state index contributed by atoms with van der Waals surface area (Å²) in [5.74, 6) is 0. The molecule has 0 fully saturated rings. The number of hydrogen-bond acceptors (Lipinski definition) is 3. The molecule has 0 radical (unpaired) electrons. The van der Waals surface area contributed by atoms with Gasteiger partial charge in [0.05, 0.1) is 0 Å². The first-order valence-corrected chi connectivity index (χ1v) is 4.76. The van der Waals surface area contributed by atoms with Crippen LogP contribution in [0.4, 0.5) is 0 Å². The van der Waals surface area contributed by atoms with Gasteiger partial charge in [0.1, 0.15) is 0 Å². The van der Waals surface area contributed by atoms with Crippen molar-refractivity contribution in [2.45, 2.75) is 26.8 Å². The third-order valence-corrected chi connectivity index (χ3v) is 2.13. The zero-order valence-electron chi connectivity index (χ0n) is 9.09. The molecule has 1 N–H and O–H groups in total. The van der Waals surface area contributed by atoms with Crippen LogP contribution in [0.2, 0.25) is 0 Å². The quantitative estimate of drug-likeness (QED) is 0.599. The summed E-state index contributed by atoms with van der Waals surface area (Å²) in [4.78, 5) is 2.24. The topological polar surface area (TPSA) is 18.5 Å². The van der Waals surface area contributed by atoms with Gasteiger partial charge >= 0.3 is 0 Å². The second-order valence-electron chi connectivity index (χ2n) is 3.36. The molecule has 0 spiro atoms. The van der Waals surface area contributed by atoms with E-state index >= 15 is 0 Å². The molecule has 74 valence electrons. The minimum atomic E-state index is 0.601. The fraction of sp³-hybridized carbons (Fsp3) is 1.00. The predicted molar refractivity (Wildman–Crippen MR) is 54.1 cm³/mol. The van der Waals surface area contributed by atoms with Crippen molar-refractivity contribution in [3.05, 3.63) is 0 Å². The monoisotopic (exact) mass is 173 g/mol. The molecule has 12 heavy (non-hydrogen) atoms. The van der Waals surface area contributed by atoms with E-state index in [0.29, 0.717) is 6.04 Å². The SMILES string of the molecule is CCNN(CC)CC(C)N(C)C. The summed E-state index contributed by atoms with van der Waals surface area (Å²) in [6, 6.07) is 0.601. The van der Waals surface area contributed by atoms with Gasteiger partial charge in [-0.2, -0.15) is 0 Å². The standard InChI is InChI=1S/C9H23N3/c1-6-10-12(7-2)8-9(3)11(4)5/h9-10H,6-8H2,1-5H3.